The first kappa shape index (κ1) is 18.4. The van der Waals surface area contributed by atoms with E-state index in [1.807, 2.05) is 0 Å². The van der Waals surface area contributed by atoms with E-state index in [0.29, 0.717) is 24.4 Å². The van der Waals surface area contributed by atoms with Gasteiger partial charge in [-0.2, -0.15) is 0 Å². The lowest BCUT2D eigenvalue weighted by Gasteiger charge is -2.27. The van der Waals surface area contributed by atoms with Crippen LogP contribution in [0.25, 0.3) is 0 Å². The number of carbonyl (C=O) groups excluding carboxylic acids is 2. The summed E-state index contributed by atoms with van der Waals surface area (Å²) in [5.74, 6) is -0.533. The van der Waals surface area contributed by atoms with Crippen LogP contribution in [0.15, 0.2) is 18.2 Å². The molecule has 132 valence electrons. The van der Waals surface area contributed by atoms with E-state index in [0.717, 1.165) is 31.2 Å². The van der Waals surface area contributed by atoms with Crippen LogP contribution < -0.4 is 10.6 Å². The highest BCUT2D eigenvalue weighted by Crippen LogP contribution is 2.22. The summed E-state index contributed by atoms with van der Waals surface area (Å²) in [6.45, 7) is 4.05. The van der Waals surface area contributed by atoms with Gasteiger partial charge in [-0.1, -0.05) is 0 Å². The van der Waals surface area contributed by atoms with E-state index in [9.17, 15) is 14.7 Å². The number of hydrogen-bond acceptors (Lipinski definition) is 5. The number of esters is 1. The standard InChI is InChI=1S/C18H26N2O4/c1-3-24-18(23)13-7-8-17(20-12(2)21)14(9-13)11-19-15-5-4-6-16(22)10-15/h7-9,15-16,19,22H,3-6,10-11H2,1-2H3,(H,20,21)/t15-,16+/m1/s1. The summed E-state index contributed by atoms with van der Waals surface area (Å²) >= 11 is 0. The zero-order valence-electron chi connectivity index (χ0n) is 14.3. The van der Waals surface area contributed by atoms with Crippen molar-refractivity contribution < 1.29 is 19.4 Å². The molecule has 0 spiro atoms. The fraction of sp³-hybridized carbons (Fsp3) is 0.556. The van der Waals surface area contributed by atoms with Crippen LogP contribution in [-0.4, -0.2) is 35.7 Å². The number of carbonyl (C=O) groups is 2. The third-order valence-electron chi connectivity index (χ3n) is 4.15. The van der Waals surface area contributed by atoms with Gasteiger partial charge in [-0.25, -0.2) is 4.79 Å². The van der Waals surface area contributed by atoms with Gasteiger partial charge >= 0.3 is 5.97 Å². The zero-order chi connectivity index (χ0) is 17.5. The summed E-state index contributed by atoms with van der Waals surface area (Å²) in [4.78, 5) is 23.3. The maximum absolute atomic E-state index is 11.9. The molecule has 6 nitrogen and oxygen atoms in total. The predicted octanol–water partition coefficient (Wildman–Crippen LogP) is 2.21. The Kier molecular flexibility index (Phi) is 6.75. The van der Waals surface area contributed by atoms with E-state index in [1.54, 1.807) is 25.1 Å². The third-order valence-corrected chi connectivity index (χ3v) is 4.15. The van der Waals surface area contributed by atoms with Gasteiger partial charge in [0.05, 0.1) is 18.3 Å². The molecule has 1 aliphatic carbocycles. The molecule has 1 aliphatic rings. The van der Waals surface area contributed by atoms with Crippen LogP contribution in [0.2, 0.25) is 0 Å². The molecular formula is C18H26N2O4. The molecule has 0 saturated heterocycles. The number of aliphatic hydroxyl groups excluding tert-OH is 1. The van der Waals surface area contributed by atoms with Gasteiger partial charge in [0.25, 0.3) is 0 Å². The molecule has 1 aromatic rings. The number of nitrogens with one attached hydrogen (secondary N) is 2. The fourth-order valence-electron chi connectivity index (χ4n) is 3.00. The van der Waals surface area contributed by atoms with Gasteiger partial charge in [0, 0.05) is 25.2 Å². The Hall–Kier alpha value is -1.92. The maximum Gasteiger partial charge on any atom is 0.338 e. The first-order valence-corrected chi connectivity index (χ1v) is 8.48. The SMILES string of the molecule is CCOC(=O)c1ccc(NC(C)=O)c(CN[C@@H]2CCC[C@H](O)C2)c1. The van der Waals surface area contributed by atoms with E-state index in [4.69, 9.17) is 4.74 Å². The minimum atomic E-state index is -0.374. The molecule has 1 amide bonds. The van der Waals surface area contributed by atoms with Crippen molar-refractivity contribution in [2.45, 2.75) is 58.2 Å². The Bertz CT molecular complexity index is 588. The molecule has 24 heavy (non-hydrogen) atoms. The monoisotopic (exact) mass is 334 g/mol. The summed E-state index contributed by atoms with van der Waals surface area (Å²) in [6, 6.07) is 5.36. The first-order chi connectivity index (χ1) is 11.5. The number of aliphatic hydroxyl groups is 1. The second-order valence-corrected chi connectivity index (χ2v) is 6.17. The van der Waals surface area contributed by atoms with Crippen molar-refractivity contribution in [3.05, 3.63) is 29.3 Å². The summed E-state index contributed by atoms with van der Waals surface area (Å²) in [5, 5.41) is 16.0. The Morgan fingerprint density at radius 1 is 1.33 bits per heavy atom. The predicted molar refractivity (Wildman–Crippen MR) is 91.8 cm³/mol. The van der Waals surface area contributed by atoms with Gasteiger partial charge in [-0.15, -0.1) is 0 Å². The van der Waals surface area contributed by atoms with Crippen LogP contribution in [0.4, 0.5) is 5.69 Å². The Labute approximate surface area is 142 Å². The van der Waals surface area contributed by atoms with Crippen LogP contribution in [0.1, 0.15) is 55.5 Å². The second kappa shape index (κ2) is 8.80. The molecule has 0 aromatic heterocycles. The van der Waals surface area contributed by atoms with Gasteiger partial charge in [0.1, 0.15) is 0 Å². The van der Waals surface area contributed by atoms with Crippen molar-refractivity contribution in [1.82, 2.24) is 5.32 Å². The molecule has 0 bridgehead atoms. The molecule has 0 unspecified atom stereocenters. The number of anilines is 1. The third kappa shape index (κ3) is 5.32. The minimum Gasteiger partial charge on any atom is -0.462 e. The summed E-state index contributed by atoms with van der Waals surface area (Å²) in [6.07, 6.45) is 3.35. The van der Waals surface area contributed by atoms with Crippen molar-refractivity contribution in [1.29, 1.82) is 0 Å². The van der Waals surface area contributed by atoms with Gasteiger partial charge < -0.3 is 20.5 Å². The number of rotatable bonds is 6. The molecular weight excluding hydrogens is 308 g/mol. The van der Waals surface area contributed by atoms with E-state index in [2.05, 4.69) is 10.6 Å². The van der Waals surface area contributed by atoms with Gasteiger partial charge in [0.2, 0.25) is 5.91 Å². The lowest BCUT2D eigenvalue weighted by molar-refractivity contribution is -0.114. The average molecular weight is 334 g/mol. The molecule has 0 aliphatic heterocycles. The van der Waals surface area contributed by atoms with Crippen molar-refractivity contribution in [2.75, 3.05) is 11.9 Å². The topological polar surface area (TPSA) is 87.7 Å². The van der Waals surface area contributed by atoms with E-state index in [1.165, 1.54) is 6.92 Å². The summed E-state index contributed by atoms with van der Waals surface area (Å²) < 4.78 is 5.03. The van der Waals surface area contributed by atoms with Crippen LogP contribution in [0, 0.1) is 0 Å². The van der Waals surface area contributed by atoms with Crippen molar-refractivity contribution in [2.24, 2.45) is 0 Å². The largest absolute Gasteiger partial charge is 0.462 e. The smallest absolute Gasteiger partial charge is 0.338 e. The average Bonchev–Trinajstić information content (AvgIpc) is 2.53. The van der Waals surface area contributed by atoms with Crippen molar-refractivity contribution in [3.8, 4) is 0 Å². The normalized spacial score (nSPS) is 20.5. The van der Waals surface area contributed by atoms with Gasteiger partial charge in [0.15, 0.2) is 0 Å². The van der Waals surface area contributed by atoms with Crippen molar-refractivity contribution in [3.63, 3.8) is 0 Å². The molecule has 1 saturated carbocycles. The molecule has 2 atom stereocenters. The van der Waals surface area contributed by atoms with Crippen LogP contribution >= 0.6 is 0 Å². The summed E-state index contributed by atoms with van der Waals surface area (Å²) in [7, 11) is 0. The first-order valence-electron chi connectivity index (χ1n) is 8.48. The Morgan fingerprint density at radius 2 is 2.12 bits per heavy atom. The lowest BCUT2D eigenvalue weighted by Crippen LogP contribution is -2.35. The number of ether oxygens (including phenoxy) is 1. The highest BCUT2D eigenvalue weighted by atomic mass is 16.5. The van der Waals surface area contributed by atoms with E-state index < -0.39 is 0 Å². The number of amides is 1. The van der Waals surface area contributed by atoms with Gasteiger partial charge in [-0.05, 0) is 56.4 Å². The number of hydrogen-bond donors (Lipinski definition) is 3. The quantitative estimate of drug-likeness (QED) is 0.694. The molecule has 0 radical (unpaired) electrons. The second-order valence-electron chi connectivity index (χ2n) is 6.17. The van der Waals surface area contributed by atoms with E-state index >= 15 is 0 Å². The van der Waals surface area contributed by atoms with E-state index in [-0.39, 0.29) is 24.0 Å². The molecule has 1 fully saturated rings. The molecule has 3 N–H and O–H groups in total. The molecule has 2 rings (SSSR count). The Morgan fingerprint density at radius 3 is 2.79 bits per heavy atom. The van der Waals surface area contributed by atoms with Crippen LogP contribution in [0.3, 0.4) is 0 Å². The maximum atomic E-state index is 11.9. The van der Waals surface area contributed by atoms with Crippen molar-refractivity contribution >= 4 is 17.6 Å². The number of benzene rings is 1. The Balaban J connectivity index is 2.12. The minimum absolute atomic E-state index is 0.159. The molecule has 6 heteroatoms. The van der Waals surface area contributed by atoms with Gasteiger partial charge in [-0.3, -0.25) is 4.79 Å². The molecule has 1 aromatic carbocycles. The zero-order valence-corrected chi connectivity index (χ0v) is 14.3. The highest BCUT2D eigenvalue weighted by Gasteiger charge is 2.20. The van der Waals surface area contributed by atoms with Crippen LogP contribution in [0.5, 0.6) is 0 Å². The lowest BCUT2D eigenvalue weighted by atomic mass is 9.93. The molecule has 0 heterocycles. The highest BCUT2D eigenvalue weighted by molar-refractivity contribution is 5.93. The van der Waals surface area contributed by atoms with Crippen LogP contribution in [-0.2, 0) is 16.1 Å². The fourth-order valence-corrected chi connectivity index (χ4v) is 3.00. The summed E-state index contributed by atoms with van der Waals surface area (Å²) in [5.41, 5.74) is 1.97.